The number of rotatable bonds is 0. The molecule has 2 aromatic carbocycles. The summed E-state index contributed by atoms with van der Waals surface area (Å²) >= 11 is 3.66. The summed E-state index contributed by atoms with van der Waals surface area (Å²) < 4.78 is 0. The van der Waals surface area contributed by atoms with Crippen molar-refractivity contribution in [2.75, 3.05) is 0 Å². The lowest BCUT2D eigenvalue weighted by molar-refractivity contribution is 1.14. The number of hydrogen-bond donors (Lipinski definition) is 0. The van der Waals surface area contributed by atoms with E-state index in [1.165, 1.54) is 19.6 Å². The SMILES string of the molecule is [CH2]c1cccc2c1Sc1ccccc1S2. The fraction of sp³-hybridized carbons (Fsp3) is 0. The zero-order valence-electron chi connectivity index (χ0n) is 8.07. The Morgan fingerprint density at radius 3 is 2.20 bits per heavy atom. The predicted molar refractivity (Wildman–Crippen MR) is 65.6 cm³/mol. The highest BCUT2D eigenvalue weighted by molar-refractivity contribution is 8.05. The Kier molecular flexibility index (Phi) is 2.26. The Bertz CT molecular complexity index is 518. The molecule has 0 bridgehead atoms. The predicted octanol–water partition coefficient (Wildman–Crippen LogP) is 4.48. The van der Waals surface area contributed by atoms with Crippen LogP contribution in [0.5, 0.6) is 0 Å². The first-order chi connectivity index (χ1) is 7.34. The van der Waals surface area contributed by atoms with Gasteiger partial charge in [-0.3, -0.25) is 0 Å². The molecule has 1 aliphatic rings. The number of fused-ring (bicyclic) bond motifs is 2. The minimum atomic E-state index is 1.12. The summed E-state index contributed by atoms with van der Waals surface area (Å²) in [4.78, 5) is 5.32. The van der Waals surface area contributed by atoms with Crippen molar-refractivity contribution in [2.45, 2.75) is 19.6 Å². The highest BCUT2D eigenvalue weighted by atomic mass is 32.2. The zero-order valence-corrected chi connectivity index (χ0v) is 9.70. The van der Waals surface area contributed by atoms with Crippen LogP contribution in [0.15, 0.2) is 62.0 Å². The first kappa shape index (κ1) is 9.37. The largest absolute Gasteiger partial charge is 0.0877 e. The monoisotopic (exact) mass is 229 g/mol. The van der Waals surface area contributed by atoms with E-state index in [0.717, 1.165) is 5.56 Å². The van der Waals surface area contributed by atoms with Crippen LogP contribution < -0.4 is 0 Å². The van der Waals surface area contributed by atoms with Crippen molar-refractivity contribution in [3.8, 4) is 0 Å². The fourth-order valence-electron chi connectivity index (χ4n) is 1.60. The van der Waals surface area contributed by atoms with E-state index in [1.54, 1.807) is 0 Å². The van der Waals surface area contributed by atoms with Gasteiger partial charge in [0, 0.05) is 19.6 Å². The molecule has 0 saturated heterocycles. The third-order valence-corrected chi connectivity index (χ3v) is 5.00. The van der Waals surface area contributed by atoms with E-state index in [4.69, 9.17) is 0 Å². The van der Waals surface area contributed by atoms with Crippen molar-refractivity contribution in [1.82, 2.24) is 0 Å². The molecular formula is C13H9S2. The molecule has 1 aliphatic heterocycles. The van der Waals surface area contributed by atoms with E-state index < -0.39 is 0 Å². The van der Waals surface area contributed by atoms with E-state index in [9.17, 15) is 0 Å². The highest BCUT2D eigenvalue weighted by Crippen LogP contribution is 2.49. The zero-order chi connectivity index (χ0) is 10.3. The molecule has 0 saturated carbocycles. The molecule has 1 radical (unpaired) electrons. The van der Waals surface area contributed by atoms with Crippen molar-refractivity contribution in [3.05, 3.63) is 55.0 Å². The summed E-state index contributed by atoms with van der Waals surface area (Å²) in [5, 5.41) is 0. The van der Waals surface area contributed by atoms with E-state index in [0.29, 0.717) is 0 Å². The summed E-state index contributed by atoms with van der Waals surface area (Å²) in [6.45, 7) is 4.07. The van der Waals surface area contributed by atoms with Crippen LogP contribution in [0.3, 0.4) is 0 Å². The van der Waals surface area contributed by atoms with E-state index in [2.05, 4.69) is 49.4 Å². The van der Waals surface area contributed by atoms with Gasteiger partial charge in [0.05, 0.1) is 0 Å². The van der Waals surface area contributed by atoms with Gasteiger partial charge in [-0.25, -0.2) is 0 Å². The molecule has 0 aliphatic carbocycles. The fourth-order valence-corrected chi connectivity index (χ4v) is 3.93. The van der Waals surface area contributed by atoms with E-state index >= 15 is 0 Å². The summed E-state index contributed by atoms with van der Waals surface area (Å²) in [5.41, 5.74) is 1.12. The molecular weight excluding hydrogens is 220 g/mol. The maximum Gasteiger partial charge on any atom is 0.0294 e. The summed E-state index contributed by atoms with van der Waals surface area (Å²) in [7, 11) is 0. The van der Waals surface area contributed by atoms with Crippen molar-refractivity contribution >= 4 is 23.5 Å². The second kappa shape index (κ2) is 3.62. The average Bonchev–Trinajstić information content (AvgIpc) is 2.27. The van der Waals surface area contributed by atoms with Gasteiger partial charge in [0.15, 0.2) is 0 Å². The lowest BCUT2D eigenvalue weighted by Gasteiger charge is -2.19. The Balaban J connectivity index is 2.15. The molecule has 0 amide bonds. The van der Waals surface area contributed by atoms with E-state index in [1.807, 2.05) is 23.5 Å². The van der Waals surface area contributed by atoms with Crippen LogP contribution in [0.1, 0.15) is 5.56 Å². The molecule has 0 fully saturated rings. The first-order valence-corrected chi connectivity index (χ1v) is 6.37. The van der Waals surface area contributed by atoms with Gasteiger partial charge in [-0.05, 0) is 30.7 Å². The minimum Gasteiger partial charge on any atom is -0.0877 e. The Morgan fingerprint density at radius 2 is 1.40 bits per heavy atom. The standard InChI is InChI=1S/C13H9S2/c1-9-5-4-8-12-13(9)15-11-7-3-2-6-10(11)14-12/h2-8H,1H2. The molecule has 73 valence electrons. The molecule has 2 heteroatoms. The number of hydrogen-bond acceptors (Lipinski definition) is 2. The van der Waals surface area contributed by atoms with Crippen LogP contribution in [-0.2, 0) is 0 Å². The molecule has 0 spiro atoms. The van der Waals surface area contributed by atoms with Gasteiger partial charge in [0.1, 0.15) is 0 Å². The molecule has 15 heavy (non-hydrogen) atoms. The summed E-state index contributed by atoms with van der Waals surface area (Å²) in [5.74, 6) is 0. The summed E-state index contributed by atoms with van der Waals surface area (Å²) in [6.07, 6.45) is 0. The average molecular weight is 229 g/mol. The molecule has 0 nitrogen and oxygen atoms in total. The lowest BCUT2D eigenvalue weighted by atomic mass is 10.2. The Hall–Kier alpha value is -0.860. The summed E-state index contributed by atoms with van der Waals surface area (Å²) in [6, 6.07) is 14.8. The smallest absolute Gasteiger partial charge is 0.0294 e. The van der Waals surface area contributed by atoms with Crippen molar-refractivity contribution in [3.63, 3.8) is 0 Å². The van der Waals surface area contributed by atoms with Crippen LogP contribution in [0.25, 0.3) is 0 Å². The molecule has 0 N–H and O–H groups in total. The molecule has 1 heterocycles. The van der Waals surface area contributed by atoms with Crippen LogP contribution in [0.2, 0.25) is 0 Å². The van der Waals surface area contributed by atoms with Crippen molar-refractivity contribution in [1.29, 1.82) is 0 Å². The quantitative estimate of drug-likeness (QED) is 0.557. The maximum absolute atomic E-state index is 4.07. The second-order valence-corrected chi connectivity index (χ2v) is 5.53. The van der Waals surface area contributed by atoms with E-state index in [-0.39, 0.29) is 0 Å². The van der Waals surface area contributed by atoms with Gasteiger partial charge < -0.3 is 0 Å². The van der Waals surface area contributed by atoms with Gasteiger partial charge in [-0.2, -0.15) is 0 Å². The van der Waals surface area contributed by atoms with Gasteiger partial charge in [0.25, 0.3) is 0 Å². The van der Waals surface area contributed by atoms with Gasteiger partial charge >= 0.3 is 0 Å². The second-order valence-electron chi connectivity index (χ2n) is 3.40. The first-order valence-electron chi connectivity index (χ1n) is 4.74. The molecule has 0 atom stereocenters. The van der Waals surface area contributed by atoms with Crippen LogP contribution in [-0.4, -0.2) is 0 Å². The molecule has 0 unspecified atom stereocenters. The maximum atomic E-state index is 4.07. The van der Waals surface area contributed by atoms with Gasteiger partial charge in [0.2, 0.25) is 0 Å². The normalized spacial score (nSPS) is 13.1. The Morgan fingerprint density at radius 1 is 0.733 bits per heavy atom. The minimum absolute atomic E-state index is 1.12. The third kappa shape index (κ3) is 1.58. The lowest BCUT2D eigenvalue weighted by Crippen LogP contribution is -1.90. The molecule has 0 aromatic heterocycles. The van der Waals surface area contributed by atoms with Crippen LogP contribution >= 0.6 is 23.5 Å². The van der Waals surface area contributed by atoms with Crippen molar-refractivity contribution < 1.29 is 0 Å². The van der Waals surface area contributed by atoms with Crippen LogP contribution in [0, 0.1) is 6.92 Å². The Labute approximate surface area is 98.1 Å². The van der Waals surface area contributed by atoms with Gasteiger partial charge in [-0.15, -0.1) is 0 Å². The highest BCUT2D eigenvalue weighted by Gasteiger charge is 2.17. The van der Waals surface area contributed by atoms with Crippen molar-refractivity contribution in [2.24, 2.45) is 0 Å². The third-order valence-electron chi connectivity index (χ3n) is 2.34. The van der Waals surface area contributed by atoms with Crippen LogP contribution in [0.4, 0.5) is 0 Å². The molecule has 2 aromatic rings. The molecule has 3 rings (SSSR count). The number of benzene rings is 2. The van der Waals surface area contributed by atoms with Gasteiger partial charge in [-0.1, -0.05) is 47.8 Å². The topological polar surface area (TPSA) is 0 Å².